The zero-order valence-corrected chi connectivity index (χ0v) is 7.92. The Hall–Kier alpha value is -1.57. The van der Waals surface area contributed by atoms with Crippen molar-refractivity contribution >= 4 is 17.9 Å². The fourth-order valence-corrected chi connectivity index (χ4v) is 1.16. The van der Waals surface area contributed by atoms with Gasteiger partial charge in [-0.1, -0.05) is 18.7 Å². The third kappa shape index (κ3) is 1.96. The summed E-state index contributed by atoms with van der Waals surface area (Å²) >= 11 is 0. The Kier molecular flexibility index (Phi) is 2.85. The van der Waals surface area contributed by atoms with Crippen molar-refractivity contribution in [1.29, 1.82) is 0 Å². The van der Waals surface area contributed by atoms with Gasteiger partial charge >= 0.3 is 0 Å². The lowest BCUT2D eigenvalue weighted by Gasteiger charge is -1.88. The van der Waals surface area contributed by atoms with Crippen LogP contribution in [0.4, 0.5) is 0 Å². The van der Waals surface area contributed by atoms with E-state index in [9.17, 15) is 4.79 Å². The summed E-state index contributed by atoms with van der Waals surface area (Å²) in [6.45, 7) is 7.15. The molecule has 0 spiro atoms. The highest BCUT2D eigenvalue weighted by Crippen LogP contribution is 2.14. The Bertz CT molecular complexity index is 358. The van der Waals surface area contributed by atoms with Gasteiger partial charge in [0.15, 0.2) is 5.78 Å². The van der Waals surface area contributed by atoms with E-state index in [2.05, 4.69) is 11.6 Å². The molecule has 1 N–H and O–H groups in total. The van der Waals surface area contributed by atoms with Crippen LogP contribution in [-0.4, -0.2) is 10.8 Å². The van der Waals surface area contributed by atoms with E-state index in [0.29, 0.717) is 5.69 Å². The molecule has 0 atom stereocenters. The summed E-state index contributed by atoms with van der Waals surface area (Å²) in [7, 11) is 0. The first-order valence-corrected chi connectivity index (χ1v) is 4.18. The molecule has 0 aliphatic rings. The van der Waals surface area contributed by atoms with Crippen LogP contribution in [0.3, 0.4) is 0 Å². The maximum atomic E-state index is 11.0. The summed E-state index contributed by atoms with van der Waals surface area (Å²) in [4.78, 5) is 14.0. The van der Waals surface area contributed by atoms with E-state index in [1.807, 2.05) is 25.1 Å². The fourth-order valence-electron chi connectivity index (χ4n) is 1.16. The first-order valence-electron chi connectivity index (χ1n) is 4.18. The van der Waals surface area contributed by atoms with E-state index >= 15 is 0 Å². The van der Waals surface area contributed by atoms with Crippen LogP contribution < -0.4 is 0 Å². The Labute approximate surface area is 78.0 Å². The van der Waals surface area contributed by atoms with Gasteiger partial charge in [-0.25, -0.2) is 0 Å². The summed E-state index contributed by atoms with van der Waals surface area (Å²) in [5, 5.41) is 0. The highest BCUT2D eigenvalue weighted by Gasteiger charge is 2.05. The molecule has 68 valence electrons. The third-order valence-corrected chi connectivity index (χ3v) is 1.81. The van der Waals surface area contributed by atoms with Crippen LogP contribution in [-0.2, 0) is 0 Å². The highest BCUT2D eigenvalue weighted by molar-refractivity contribution is 5.93. The van der Waals surface area contributed by atoms with Crippen LogP contribution in [0, 0.1) is 0 Å². The van der Waals surface area contributed by atoms with E-state index in [-0.39, 0.29) is 5.78 Å². The second kappa shape index (κ2) is 3.90. The number of carbonyl (C=O) groups excluding carboxylic acids is 1. The molecule has 1 rings (SSSR count). The Morgan fingerprint density at radius 1 is 1.62 bits per heavy atom. The van der Waals surface area contributed by atoms with Gasteiger partial charge in [0.25, 0.3) is 0 Å². The summed E-state index contributed by atoms with van der Waals surface area (Å²) in [5.41, 5.74) is 2.52. The maximum Gasteiger partial charge on any atom is 0.175 e. The van der Waals surface area contributed by atoms with Crippen molar-refractivity contribution in [3.05, 3.63) is 35.7 Å². The lowest BCUT2D eigenvalue weighted by Crippen LogP contribution is -1.90. The average Bonchev–Trinajstić information content (AvgIpc) is 2.48. The Morgan fingerprint density at radius 3 is 2.77 bits per heavy atom. The molecule has 0 aliphatic heterocycles. The molecular formula is C11H13NO. The van der Waals surface area contributed by atoms with Gasteiger partial charge in [0, 0.05) is 12.6 Å². The van der Waals surface area contributed by atoms with Crippen molar-refractivity contribution in [3.63, 3.8) is 0 Å². The van der Waals surface area contributed by atoms with Gasteiger partial charge in [0.2, 0.25) is 0 Å². The van der Waals surface area contributed by atoms with E-state index in [1.165, 1.54) is 6.92 Å². The minimum absolute atomic E-state index is 0.0406. The van der Waals surface area contributed by atoms with Gasteiger partial charge in [-0.2, -0.15) is 0 Å². The molecule has 0 aliphatic carbocycles. The number of H-pyrrole nitrogens is 1. The molecule has 1 aromatic heterocycles. The minimum Gasteiger partial charge on any atom is -0.352 e. The number of aromatic nitrogens is 1. The number of nitrogens with one attached hydrogen (secondary N) is 1. The molecule has 0 unspecified atom stereocenters. The largest absolute Gasteiger partial charge is 0.352 e. The number of carbonyl (C=O) groups is 1. The van der Waals surface area contributed by atoms with Gasteiger partial charge in [-0.05, 0) is 24.6 Å². The summed E-state index contributed by atoms with van der Waals surface area (Å²) in [5.74, 6) is 0.0406. The topological polar surface area (TPSA) is 32.9 Å². The second-order valence-corrected chi connectivity index (χ2v) is 2.81. The van der Waals surface area contributed by atoms with Crippen molar-refractivity contribution in [3.8, 4) is 0 Å². The van der Waals surface area contributed by atoms with Crippen molar-refractivity contribution in [2.24, 2.45) is 0 Å². The van der Waals surface area contributed by atoms with Crippen molar-refractivity contribution in [2.75, 3.05) is 0 Å². The summed E-state index contributed by atoms with van der Waals surface area (Å²) in [6.07, 6.45) is 5.59. The normalized spacial score (nSPS) is 10.6. The number of hydrogen-bond donors (Lipinski definition) is 1. The number of aromatic amines is 1. The molecule has 0 aromatic carbocycles. The average molecular weight is 175 g/mol. The standard InChI is InChI=1S/C11H13NO/c1-4-6-9-7-11(8(3)13)12-10(9)5-2/h4-7,12H,2H2,1,3H3/b6-4-. The molecule has 0 radical (unpaired) electrons. The van der Waals surface area contributed by atoms with Gasteiger partial charge in [0.05, 0.1) is 5.69 Å². The fraction of sp³-hybridized carbons (Fsp3) is 0.182. The molecule has 0 saturated carbocycles. The smallest absolute Gasteiger partial charge is 0.175 e. The molecule has 0 bridgehead atoms. The summed E-state index contributed by atoms with van der Waals surface area (Å²) in [6, 6.07) is 1.83. The van der Waals surface area contributed by atoms with Crippen LogP contribution in [0.25, 0.3) is 12.2 Å². The van der Waals surface area contributed by atoms with Crippen LogP contribution in [0.1, 0.15) is 35.6 Å². The van der Waals surface area contributed by atoms with Gasteiger partial charge in [-0.15, -0.1) is 0 Å². The highest BCUT2D eigenvalue weighted by atomic mass is 16.1. The summed E-state index contributed by atoms with van der Waals surface area (Å²) < 4.78 is 0. The molecule has 0 fully saturated rings. The quantitative estimate of drug-likeness (QED) is 0.704. The van der Waals surface area contributed by atoms with Crippen LogP contribution in [0.2, 0.25) is 0 Å². The monoisotopic (exact) mass is 175 g/mol. The predicted octanol–water partition coefficient (Wildman–Crippen LogP) is 2.89. The lowest BCUT2D eigenvalue weighted by molar-refractivity contribution is 0.101. The SMILES string of the molecule is C=Cc1[nH]c(C(C)=O)cc1/C=C\C. The molecule has 2 nitrogen and oxygen atoms in total. The number of Topliss-reactive ketones (excluding diaryl/α,β-unsaturated/α-hetero) is 1. The second-order valence-electron chi connectivity index (χ2n) is 2.81. The van der Waals surface area contributed by atoms with Crippen molar-refractivity contribution < 1.29 is 4.79 Å². The van der Waals surface area contributed by atoms with E-state index in [0.717, 1.165) is 11.3 Å². The Morgan fingerprint density at radius 2 is 2.31 bits per heavy atom. The van der Waals surface area contributed by atoms with E-state index < -0.39 is 0 Å². The number of allylic oxidation sites excluding steroid dienone is 1. The molecule has 1 aromatic rings. The van der Waals surface area contributed by atoms with Crippen LogP contribution in [0.5, 0.6) is 0 Å². The number of rotatable bonds is 3. The van der Waals surface area contributed by atoms with Crippen LogP contribution >= 0.6 is 0 Å². The number of ketones is 1. The zero-order valence-electron chi connectivity index (χ0n) is 7.92. The number of hydrogen-bond acceptors (Lipinski definition) is 1. The van der Waals surface area contributed by atoms with Gasteiger partial charge in [-0.3, -0.25) is 4.79 Å². The molecular weight excluding hydrogens is 162 g/mol. The van der Waals surface area contributed by atoms with Crippen LogP contribution in [0.15, 0.2) is 18.7 Å². The van der Waals surface area contributed by atoms with Crippen molar-refractivity contribution in [2.45, 2.75) is 13.8 Å². The van der Waals surface area contributed by atoms with Crippen molar-refractivity contribution in [1.82, 2.24) is 4.98 Å². The van der Waals surface area contributed by atoms with E-state index in [1.54, 1.807) is 6.08 Å². The Balaban J connectivity index is 3.18. The molecule has 0 amide bonds. The van der Waals surface area contributed by atoms with E-state index in [4.69, 9.17) is 0 Å². The molecule has 1 heterocycles. The predicted molar refractivity (Wildman–Crippen MR) is 55.6 cm³/mol. The zero-order chi connectivity index (χ0) is 9.84. The molecule has 2 heteroatoms. The minimum atomic E-state index is 0.0406. The molecule has 0 saturated heterocycles. The first-order chi connectivity index (χ1) is 6.19. The lowest BCUT2D eigenvalue weighted by atomic mass is 10.2. The molecule has 13 heavy (non-hydrogen) atoms. The maximum absolute atomic E-state index is 11.0. The van der Waals surface area contributed by atoms with Gasteiger partial charge < -0.3 is 4.98 Å². The first kappa shape index (κ1) is 9.52. The van der Waals surface area contributed by atoms with Gasteiger partial charge in [0.1, 0.15) is 0 Å². The third-order valence-electron chi connectivity index (χ3n) is 1.81.